The van der Waals surface area contributed by atoms with Gasteiger partial charge in [-0.25, -0.2) is 0 Å². The normalized spacial score (nSPS) is 9.80. The Morgan fingerprint density at radius 1 is 1.27 bits per heavy atom. The molecule has 0 aliphatic rings. The van der Waals surface area contributed by atoms with Crippen LogP contribution in [0.1, 0.15) is 24.2 Å². The van der Waals surface area contributed by atoms with Crippen molar-refractivity contribution in [2.75, 3.05) is 13.2 Å². The molecule has 0 radical (unpaired) electrons. The lowest BCUT2D eigenvalue weighted by atomic mass is 10.2. The fraction of sp³-hybridized carbons (Fsp3) is 0.364. The summed E-state index contributed by atoms with van der Waals surface area (Å²) in [5.74, 6) is 1.24. The third kappa shape index (κ3) is 2.96. The van der Waals surface area contributed by atoms with Crippen LogP contribution in [0.15, 0.2) is 16.6 Å². The highest BCUT2D eigenvalue weighted by molar-refractivity contribution is 9.10. The molecule has 0 heterocycles. The van der Waals surface area contributed by atoms with E-state index in [9.17, 15) is 4.79 Å². The monoisotopic (exact) mass is 272 g/mol. The molecule has 0 aromatic heterocycles. The molecule has 3 nitrogen and oxygen atoms in total. The number of ether oxygens (including phenoxy) is 2. The maximum absolute atomic E-state index is 10.7. The smallest absolute Gasteiger partial charge is 0.175 e. The van der Waals surface area contributed by atoms with Gasteiger partial charge in [0, 0.05) is 5.56 Å². The first-order valence-corrected chi connectivity index (χ1v) is 5.56. The second-order valence-electron chi connectivity index (χ2n) is 2.81. The summed E-state index contributed by atoms with van der Waals surface area (Å²) in [5.41, 5.74) is 0.564. The van der Waals surface area contributed by atoms with E-state index in [1.54, 1.807) is 12.1 Å². The van der Waals surface area contributed by atoms with E-state index in [1.807, 2.05) is 13.8 Å². The third-order valence-corrected chi connectivity index (χ3v) is 2.35. The van der Waals surface area contributed by atoms with Gasteiger partial charge in [-0.2, -0.15) is 0 Å². The van der Waals surface area contributed by atoms with Crippen LogP contribution in [0.5, 0.6) is 11.5 Å². The largest absolute Gasteiger partial charge is 0.490 e. The molecular formula is C11H13BrO3. The summed E-state index contributed by atoms with van der Waals surface area (Å²) in [6, 6.07) is 3.38. The maximum atomic E-state index is 10.7. The minimum atomic E-state index is 0.537. The second kappa shape index (κ2) is 5.75. The number of hydrogen-bond donors (Lipinski definition) is 0. The Morgan fingerprint density at radius 2 is 1.93 bits per heavy atom. The summed E-state index contributed by atoms with van der Waals surface area (Å²) >= 11 is 3.35. The van der Waals surface area contributed by atoms with Crippen LogP contribution in [0.3, 0.4) is 0 Å². The number of carbonyl (C=O) groups is 1. The summed E-state index contributed by atoms with van der Waals surface area (Å²) in [4.78, 5) is 10.7. The standard InChI is InChI=1S/C11H13BrO3/c1-3-14-10-6-8(7-13)5-9(12)11(10)15-4-2/h5-7H,3-4H2,1-2H3. The predicted octanol–water partition coefficient (Wildman–Crippen LogP) is 3.06. The zero-order chi connectivity index (χ0) is 11.3. The first-order chi connectivity index (χ1) is 7.22. The molecule has 15 heavy (non-hydrogen) atoms. The topological polar surface area (TPSA) is 35.5 Å². The molecule has 0 spiro atoms. The average molecular weight is 273 g/mol. The van der Waals surface area contributed by atoms with E-state index in [-0.39, 0.29) is 0 Å². The van der Waals surface area contributed by atoms with Crippen molar-refractivity contribution in [2.24, 2.45) is 0 Å². The van der Waals surface area contributed by atoms with Crippen molar-refractivity contribution in [1.29, 1.82) is 0 Å². The van der Waals surface area contributed by atoms with E-state index >= 15 is 0 Å². The summed E-state index contributed by atoms with van der Waals surface area (Å²) in [5, 5.41) is 0. The number of hydrogen-bond acceptors (Lipinski definition) is 3. The highest BCUT2D eigenvalue weighted by Crippen LogP contribution is 2.36. The van der Waals surface area contributed by atoms with E-state index in [0.717, 1.165) is 10.8 Å². The molecule has 0 unspecified atom stereocenters. The summed E-state index contributed by atoms with van der Waals surface area (Å²) in [7, 11) is 0. The van der Waals surface area contributed by atoms with Crippen LogP contribution in [-0.2, 0) is 0 Å². The van der Waals surface area contributed by atoms with Crippen molar-refractivity contribution >= 4 is 22.2 Å². The molecule has 0 amide bonds. The van der Waals surface area contributed by atoms with Crippen LogP contribution in [-0.4, -0.2) is 19.5 Å². The van der Waals surface area contributed by atoms with Crippen LogP contribution in [0.25, 0.3) is 0 Å². The Kier molecular flexibility index (Phi) is 4.62. The average Bonchev–Trinajstić information content (AvgIpc) is 2.23. The SMILES string of the molecule is CCOc1cc(C=O)cc(Br)c1OCC. The predicted molar refractivity (Wildman–Crippen MR) is 61.9 cm³/mol. The maximum Gasteiger partial charge on any atom is 0.175 e. The molecule has 82 valence electrons. The van der Waals surface area contributed by atoms with Crippen LogP contribution >= 0.6 is 15.9 Å². The van der Waals surface area contributed by atoms with Gasteiger partial charge in [-0.15, -0.1) is 0 Å². The number of benzene rings is 1. The lowest BCUT2D eigenvalue weighted by Crippen LogP contribution is -2.00. The highest BCUT2D eigenvalue weighted by Gasteiger charge is 2.11. The van der Waals surface area contributed by atoms with Crippen molar-refractivity contribution in [1.82, 2.24) is 0 Å². The number of halogens is 1. The van der Waals surface area contributed by atoms with Gasteiger partial charge in [0.05, 0.1) is 17.7 Å². The van der Waals surface area contributed by atoms with Gasteiger partial charge in [-0.3, -0.25) is 4.79 Å². The van der Waals surface area contributed by atoms with Crippen molar-refractivity contribution in [3.05, 3.63) is 22.2 Å². The van der Waals surface area contributed by atoms with Crippen LogP contribution < -0.4 is 9.47 Å². The third-order valence-electron chi connectivity index (χ3n) is 1.76. The van der Waals surface area contributed by atoms with Crippen LogP contribution in [0.2, 0.25) is 0 Å². The van der Waals surface area contributed by atoms with E-state index < -0.39 is 0 Å². The lowest BCUT2D eigenvalue weighted by molar-refractivity contribution is 0.112. The first-order valence-electron chi connectivity index (χ1n) is 4.77. The number of rotatable bonds is 5. The quantitative estimate of drug-likeness (QED) is 0.773. The van der Waals surface area contributed by atoms with Gasteiger partial charge in [-0.1, -0.05) is 0 Å². The van der Waals surface area contributed by atoms with Crippen LogP contribution in [0.4, 0.5) is 0 Å². The molecule has 0 saturated carbocycles. The molecule has 1 aromatic rings. The summed E-state index contributed by atoms with van der Waals surface area (Å²) < 4.78 is 11.6. The molecular weight excluding hydrogens is 260 g/mol. The Balaban J connectivity index is 3.15. The Hall–Kier alpha value is -1.03. The van der Waals surface area contributed by atoms with Gasteiger partial charge in [-0.05, 0) is 41.9 Å². The first kappa shape index (κ1) is 12.0. The summed E-state index contributed by atoms with van der Waals surface area (Å²) in [6.07, 6.45) is 0.781. The van der Waals surface area contributed by atoms with E-state index in [0.29, 0.717) is 30.3 Å². The molecule has 1 rings (SSSR count). The minimum absolute atomic E-state index is 0.537. The summed E-state index contributed by atoms with van der Waals surface area (Å²) in [6.45, 7) is 4.88. The molecule has 0 fully saturated rings. The minimum Gasteiger partial charge on any atom is -0.490 e. The lowest BCUT2D eigenvalue weighted by Gasteiger charge is -2.12. The molecule has 0 bridgehead atoms. The molecule has 0 atom stereocenters. The van der Waals surface area contributed by atoms with Gasteiger partial charge in [0.25, 0.3) is 0 Å². The highest BCUT2D eigenvalue weighted by atomic mass is 79.9. The molecule has 0 N–H and O–H groups in total. The van der Waals surface area contributed by atoms with Crippen LogP contribution in [0, 0.1) is 0 Å². The molecule has 0 aliphatic carbocycles. The van der Waals surface area contributed by atoms with Gasteiger partial charge >= 0.3 is 0 Å². The number of carbonyl (C=O) groups excluding carboxylic acids is 1. The molecule has 0 aliphatic heterocycles. The van der Waals surface area contributed by atoms with E-state index in [1.165, 1.54) is 0 Å². The Bertz CT molecular complexity index is 350. The van der Waals surface area contributed by atoms with Gasteiger partial charge in [0.2, 0.25) is 0 Å². The fourth-order valence-electron chi connectivity index (χ4n) is 1.20. The van der Waals surface area contributed by atoms with E-state index in [4.69, 9.17) is 9.47 Å². The number of aldehydes is 1. The van der Waals surface area contributed by atoms with Gasteiger partial charge in [0.1, 0.15) is 6.29 Å². The Morgan fingerprint density at radius 3 is 2.47 bits per heavy atom. The van der Waals surface area contributed by atoms with Gasteiger partial charge in [0.15, 0.2) is 11.5 Å². The van der Waals surface area contributed by atoms with E-state index in [2.05, 4.69) is 15.9 Å². The van der Waals surface area contributed by atoms with Crippen molar-refractivity contribution in [3.63, 3.8) is 0 Å². The fourth-order valence-corrected chi connectivity index (χ4v) is 1.78. The van der Waals surface area contributed by atoms with Crippen molar-refractivity contribution < 1.29 is 14.3 Å². The molecule has 4 heteroatoms. The molecule has 1 aromatic carbocycles. The van der Waals surface area contributed by atoms with Gasteiger partial charge < -0.3 is 9.47 Å². The zero-order valence-electron chi connectivity index (χ0n) is 8.75. The zero-order valence-corrected chi connectivity index (χ0v) is 10.3. The Labute approximate surface area is 97.5 Å². The van der Waals surface area contributed by atoms with Crippen molar-refractivity contribution in [2.45, 2.75) is 13.8 Å². The van der Waals surface area contributed by atoms with Crippen molar-refractivity contribution in [3.8, 4) is 11.5 Å². The second-order valence-corrected chi connectivity index (χ2v) is 3.67. The molecule has 0 saturated heterocycles.